The van der Waals surface area contributed by atoms with E-state index < -0.39 is 0 Å². The Hall–Kier alpha value is -3.94. The number of nitrogens with zero attached hydrogens (tertiary/aromatic N) is 7. The Balaban J connectivity index is 1.46. The largest absolute Gasteiger partial charge is 0.497 e. The van der Waals surface area contributed by atoms with Crippen molar-refractivity contribution in [3.05, 3.63) is 73.1 Å². The Kier molecular flexibility index (Phi) is 5.64. The molecule has 0 radical (unpaired) electrons. The van der Waals surface area contributed by atoms with E-state index >= 15 is 0 Å². The number of hydrogen-bond acceptors (Lipinski definition) is 5. The van der Waals surface area contributed by atoms with Crippen LogP contribution in [-0.2, 0) is 6.54 Å². The predicted molar refractivity (Wildman–Crippen MR) is 127 cm³/mol. The minimum Gasteiger partial charge on any atom is -0.497 e. The zero-order valence-electron chi connectivity index (χ0n) is 19.1. The Bertz CT molecular complexity index is 1360. The molecule has 0 saturated heterocycles. The van der Waals surface area contributed by atoms with Gasteiger partial charge in [-0.15, -0.1) is 0 Å². The monoisotopic (exact) mass is 441 g/mol. The highest BCUT2D eigenvalue weighted by molar-refractivity contribution is 5.78. The van der Waals surface area contributed by atoms with Crippen LogP contribution in [0.15, 0.2) is 67.5 Å². The van der Waals surface area contributed by atoms with Crippen LogP contribution in [0, 0.1) is 0 Å². The van der Waals surface area contributed by atoms with E-state index in [2.05, 4.69) is 35.3 Å². The molecule has 5 aromatic rings. The van der Waals surface area contributed by atoms with Crippen molar-refractivity contribution in [2.75, 3.05) is 7.11 Å². The molecule has 0 spiro atoms. The van der Waals surface area contributed by atoms with Crippen LogP contribution in [0.3, 0.4) is 0 Å². The van der Waals surface area contributed by atoms with Gasteiger partial charge in [-0.1, -0.05) is 25.5 Å². The molecule has 4 aromatic heterocycles. The van der Waals surface area contributed by atoms with Gasteiger partial charge in [-0.3, -0.25) is 9.36 Å². The Morgan fingerprint density at radius 1 is 0.939 bits per heavy atom. The van der Waals surface area contributed by atoms with Crippen LogP contribution in [0.4, 0.5) is 0 Å². The molecule has 0 aliphatic heterocycles. The molecule has 8 nitrogen and oxygen atoms in total. The molecule has 0 aliphatic carbocycles. The standard InChI is InChI=1S/C25H27N7O/c1-4-5-18(2)31-16-21(13-28-31)25-24-10-11-26-32(24)17-23(29-25)20-12-27-30(15-20)14-19-6-8-22(33-3)9-7-19/h6-13,15-18H,4-5,14H2,1-3H3. The van der Waals surface area contributed by atoms with Crippen LogP contribution in [0.5, 0.6) is 5.75 Å². The quantitative estimate of drug-likeness (QED) is 0.343. The van der Waals surface area contributed by atoms with E-state index in [1.807, 2.05) is 69.0 Å². The third-order valence-corrected chi connectivity index (χ3v) is 5.86. The van der Waals surface area contributed by atoms with Crippen LogP contribution in [-0.4, -0.2) is 41.3 Å². The molecule has 0 N–H and O–H groups in total. The van der Waals surface area contributed by atoms with Gasteiger partial charge >= 0.3 is 0 Å². The van der Waals surface area contributed by atoms with Crippen LogP contribution >= 0.6 is 0 Å². The average Bonchev–Trinajstić information content (AvgIpc) is 3.59. The average molecular weight is 442 g/mol. The molecule has 1 aromatic carbocycles. The maximum atomic E-state index is 5.24. The van der Waals surface area contributed by atoms with Crippen molar-refractivity contribution >= 4 is 5.52 Å². The number of rotatable bonds is 8. The first-order chi connectivity index (χ1) is 16.1. The molecule has 1 unspecified atom stereocenters. The van der Waals surface area contributed by atoms with E-state index in [4.69, 9.17) is 9.72 Å². The molecular weight excluding hydrogens is 414 g/mol. The SMILES string of the molecule is CCCC(C)n1cc(-c2nc(-c3cnn(Cc4ccc(OC)cc4)c3)cn3nccc23)cn1. The van der Waals surface area contributed by atoms with E-state index in [1.165, 1.54) is 0 Å². The predicted octanol–water partition coefficient (Wildman–Crippen LogP) is 4.87. The summed E-state index contributed by atoms with van der Waals surface area (Å²) in [7, 11) is 1.67. The molecule has 33 heavy (non-hydrogen) atoms. The minimum absolute atomic E-state index is 0.351. The number of methoxy groups -OCH3 is 1. The lowest BCUT2D eigenvalue weighted by Gasteiger charge is -2.10. The van der Waals surface area contributed by atoms with Gasteiger partial charge < -0.3 is 4.74 Å². The number of fused-ring (bicyclic) bond motifs is 1. The number of ether oxygens (including phenoxy) is 1. The molecule has 5 rings (SSSR count). The molecule has 0 amide bonds. The topological polar surface area (TPSA) is 75.1 Å². The molecule has 0 saturated carbocycles. The summed E-state index contributed by atoms with van der Waals surface area (Å²) in [5.74, 6) is 0.844. The van der Waals surface area contributed by atoms with Crippen molar-refractivity contribution in [2.45, 2.75) is 39.3 Å². The van der Waals surface area contributed by atoms with E-state index in [-0.39, 0.29) is 0 Å². The van der Waals surface area contributed by atoms with E-state index in [0.717, 1.165) is 52.2 Å². The fraction of sp³-hybridized carbons (Fsp3) is 0.280. The maximum absolute atomic E-state index is 5.24. The Morgan fingerprint density at radius 2 is 1.76 bits per heavy atom. The van der Waals surface area contributed by atoms with Crippen LogP contribution in [0.1, 0.15) is 38.3 Å². The normalized spacial score (nSPS) is 12.3. The van der Waals surface area contributed by atoms with Gasteiger partial charge in [0, 0.05) is 29.6 Å². The Morgan fingerprint density at radius 3 is 2.55 bits per heavy atom. The lowest BCUT2D eigenvalue weighted by Crippen LogP contribution is -2.04. The van der Waals surface area contributed by atoms with Gasteiger partial charge in [-0.25, -0.2) is 9.50 Å². The van der Waals surface area contributed by atoms with E-state index in [9.17, 15) is 0 Å². The number of hydrogen-bond donors (Lipinski definition) is 0. The third-order valence-electron chi connectivity index (χ3n) is 5.86. The summed E-state index contributed by atoms with van der Waals surface area (Å²) < 4.78 is 11.0. The molecule has 0 bridgehead atoms. The number of benzene rings is 1. The molecule has 0 aliphatic rings. The van der Waals surface area contributed by atoms with Crippen molar-refractivity contribution in [3.8, 4) is 28.3 Å². The summed E-state index contributed by atoms with van der Waals surface area (Å²) in [6.07, 6.45) is 13.8. The van der Waals surface area contributed by atoms with Gasteiger partial charge in [0.25, 0.3) is 0 Å². The van der Waals surface area contributed by atoms with Gasteiger partial charge in [0.1, 0.15) is 5.75 Å². The highest BCUT2D eigenvalue weighted by Crippen LogP contribution is 2.27. The minimum atomic E-state index is 0.351. The van der Waals surface area contributed by atoms with Crippen LogP contribution in [0.25, 0.3) is 28.0 Å². The molecule has 0 fully saturated rings. The fourth-order valence-corrected chi connectivity index (χ4v) is 4.03. The fourth-order valence-electron chi connectivity index (χ4n) is 4.03. The highest BCUT2D eigenvalue weighted by Gasteiger charge is 2.15. The second-order valence-electron chi connectivity index (χ2n) is 8.26. The summed E-state index contributed by atoms with van der Waals surface area (Å²) in [5.41, 5.74) is 5.70. The smallest absolute Gasteiger partial charge is 0.118 e. The first kappa shape index (κ1) is 20.9. The summed E-state index contributed by atoms with van der Waals surface area (Å²) in [6.45, 7) is 5.05. The first-order valence-corrected chi connectivity index (χ1v) is 11.2. The van der Waals surface area contributed by atoms with Gasteiger partial charge in [0.05, 0.1) is 55.3 Å². The zero-order chi connectivity index (χ0) is 22.8. The summed E-state index contributed by atoms with van der Waals surface area (Å²) >= 11 is 0. The molecule has 168 valence electrons. The molecular formula is C25H27N7O. The van der Waals surface area contributed by atoms with Gasteiger partial charge in [0.2, 0.25) is 0 Å². The molecule has 4 heterocycles. The van der Waals surface area contributed by atoms with Crippen molar-refractivity contribution in [2.24, 2.45) is 0 Å². The molecule has 1 atom stereocenters. The summed E-state index contributed by atoms with van der Waals surface area (Å²) in [5, 5.41) is 13.6. The van der Waals surface area contributed by atoms with E-state index in [0.29, 0.717) is 12.6 Å². The van der Waals surface area contributed by atoms with Crippen molar-refractivity contribution in [1.29, 1.82) is 0 Å². The van der Waals surface area contributed by atoms with Gasteiger partial charge in [-0.05, 0) is 37.1 Å². The lowest BCUT2D eigenvalue weighted by molar-refractivity contribution is 0.414. The van der Waals surface area contributed by atoms with Gasteiger partial charge in [-0.2, -0.15) is 15.3 Å². The maximum Gasteiger partial charge on any atom is 0.118 e. The molecule has 8 heteroatoms. The van der Waals surface area contributed by atoms with Crippen LogP contribution in [0.2, 0.25) is 0 Å². The van der Waals surface area contributed by atoms with Crippen molar-refractivity contribution in [1.82, 2.24) is 34.2 Å². The van der Waals surface area contributed by atoms with Crippen molar-refractivity contribution in [3.63, 3.8) is 0 Å². The summed E-state index contributed by atoms with van der Waals surface area (Å²) in [4.78, 5) is 4.99. The number of aromatic nitrogens is 7. The second-order valence-corrected chi connectivity index (χ2v) is 8.26. The van der Waals surface area contributed by atoms with Crippen molar-refractivity contribution < 1.29 is 4.74 Å². The van der Waals surface area contributed by atoms with E-state index in [1.54, 1.807) is 13.3 Å². The second kappa shape index (κ2) is 8.90. The summed E-state index contributed by atoms with van der Waals surface area (Å²) in [6, 6.07) is 10.3. The van der Waals surface area contributed by atoms with Crippen LogP contribution < -0.4 is 4.74 Å². The highest BCUT2D eigenvalue weighted by atomic mass is 16.5. The Labute approximate surface area is 192 Å². The lowest BCUT2D eigenvalue weighted by atomic mass is 10.2. The third kappa shape index (κ3) is 4.24. The van der Waals surface area contributed by atoms with Gasteiger partial charge in [0.15, 0.2) is 0 Å². The zero-order valence-corrected chi connectivity index (χ0v) is 19.1. The first-order valence-electron chi connectivity index (χ1n) is 11.2.